The normalized spacial score (nSPS) is 21.0. The van der Waals surface area contributed by atoms with E-state index in [2.05, 4.69) is 46.3 Å². The Morgan fingerprint density at radius 3 is 2.80 bits per heavy atom. The van der Waals surface area contributed by atoms with Crippen LogP contribution in [0.2, 0.25) is 0 Å². The van der Waals surface area contributed by atoms with Crippen LogP contribution >= 0.6 is 24.0 Å². The molecule has 0 spiro atoms. The Morgan fingerprint density at radius 2 is 2.08 bits per heavy atom. The van der Waals surface area contributed by atoms with Gasteiger partial charge < -0.3 is 15.3 Å². The maximum Gasteiger partial charge on any atom is 0.194 e. The van der Waals surface area contributed by atoms with Crippen molar-refractivity contribution in [1.82, 2.24) is 15.1 Å². The van der Waals surface area contributed by atoms with Gasteiger partial charge in [0.2, 0.25) is 0 Å². The molecule has 5 nitrogen and oxygen atoms in total. The number of aliphatic imine (C=N–C) groups is 1. The van der Waals surface area contributed by atoms with Gasteiger partial charge >= 0.3 is 0 Å². The standard InChI is InChI=1S/C19H30N4O.HI/c1-2-20-19(23-13-9-18(24)15-23)21-10-5-11-22-12-8-16-6-3-4-7-17(16)14-22;/h3-4,6-7,18,24H,2,5,8-15H2,1H3,(H,20,21);1H/t18-;/m1./s1. The van der Waals surface area contributed by atoms with Crippen LogP contribution in [0.5, 0.6) is 0 Å². The summed E-state index contributed by atoms with van der Waals surface area (Å²) in [7, 11) is 0. The molecule has 2 heterocycles. The molecule has 0 amide bonds. The Bertz CT molecular complexity index is 566. The van der Waals surface area contributed by atoms with Crippen molar-refractivity contribution < 1.29 is 5.11 Å². The van der Waals surface area contributed by atoms with E-state index in [1.165, 1.54) is 11.1 Å². The number of fused-ring (bicyclic) bond motifs is 1. The number of halogens is 1. The molecule has 0 bridgehead atoms. The van der Waals surface area contributed by atoms with Crippen LogP contribution in [0.15, 0.2) is 29.3 Å². The fourth-order valence-corrected chi connectivity index (χ4v) is 3.58. The largest absolute Gasteiger partial charge is 0.391 e. The number of nitrogens with zero attached hydrogens (tertiary/aromatic N) is 3. The molecule has 0 aliphatic carbocycles. The van der Waals surface area contributed by atoms with Crippen LogP contribution in [0, 0.1) is 0 Å². The van der Waals surface area contributed by atoms with E-state index < -0.39 is 0 Å². The number of aliphatic hydroxyl groups excluding tert-OH is 1. The highest BCUT2D eigenvalue weighted by molar-refractivity contribution is 14.0. The van der Waals surface area contributed by atoms with E-state index in [-0.39, 0.29) is 30.1 Å². The summed E-state index contributed by atoms with van der Waals surface area (Å²) in [5.74, 6) is 0.957. The Hall–Kier alpha value is -0.860. The van der Waals surface area contributed by atoms with Crippen molar-refractivity contribution in [3.05, 3.63) is 35.4 Å². The van der Waals surface area contributed by atoms with Crippen LogP contribution in [0.3, 0.4) is 0 Å². The summed E-state index contributed by atoms with van der Waals surface area (Å²) in [4.78, 5) is 9.46. The van der Waals surface area contributed by atoms with Gasteiger partial charge in [-0.05, 0) is 37.3 Å². The van der Waals surface area contributed by atoms with Gasteiger partial charge in [0, 0.05) is 45.8 Å². The molecule has 25 heavy (non-hydrogen) atoms. The molecule has 0 unspecified atom stereocenters. The van der Waals surface area contributed by atoms with E-state index in [4.69, 9.17) is 4.99 Å². The molecule has 1 atom stereocenters. The van der Waals surface area contributed by atoms with Crippen LogP contribution in [0.4, 0.5) is 0 Å². The highest BCUT2D eigenvalue weighted by Crippen LogP contribution is 2.18. The first-order valence-corrected chi connectivity index (χ1v) is 9.26. The highest BCUT2D eigenvalue weighted by atomic mass is 127. The number of aliphatic hydroxyl groups is 1. The quantitative estimate of drug-likeness (QED) is 0.307. The van der Waals surface area contributed by atoms with Crippen LogP contribution in [0.25, 0.3) is 0 Å². The summed E-state index contributed by atoms with van der Waals surface area (Å²) >= 11 is 0. The summed E-state index contributed by atoms with van der Waals surface area (Å²) < 4.78 is 0. The number of benzene rings is 1. The third-order valence-electron chi connectivity index (χ3n) is 4.90. The highest BCUT2D eigenvalue weighted by Gasteiger charge is 2.22. The Kier molecular flexibility index (Phi) is 8.45. The molecule has 1 fully saturated rings. The predicted octanol–water partition coefficient (Wildman–Crippen LogP) is 2.08. The first-order valence-electron chi connectivity index (χ1n) is 9.26. The molecule has 2 N–H and O–H groups in total. The van der Waals surface area contributed by atoms with Gasteiger partial charge in [-0.25, -0.2) is 0 Å². The lowest BCUT2D eigenvalue weighted by Crippen LogP contribution is -2.40. The smallest absolute Gasteiger partial charge is 0.194 e. The average molecular weight is 458 g/mol. The predicted molar refractivity (Wildman–Crippen MR) is 114 cm³/mol. The van der Waals surface area contributed by atoms with Gasteiger partial charge in [0.05, 0.1) is 6.10 Å². The molecule has 1 saturated heterocycles. The van der Waals surface area contributed by atoms with Gasteiger partial charge in [-0.15, -0.1) is 24.0 Å². The SMILES string of the molecule is CCNC(=NCCCN1CCc2ccccc2C1)N1CC[C@@H](O)C1.I. The second kappa shape index (κ2) is 10.3. The van der Waals surface area contributed by atoms with Crippen molar-refractivity contribution in [2.24, 2.45) is 4.99 Å². The molecule has 2 aliphatic heterocycles. The molecule has 6 heteroatoms. The second-order valence-corrected chi connectivity index (χ2v) is 6.77. The maximum atomic E-state index is 9.71. The lowest BCUT2D eigenvalue weighted by molar-refractivity contribution is 0.187. The van der Waals surface area contributed by atoms with Crippen LogP contribution in [-0.2, 0) is 13.0 Å². The lowest BCUT2D eigenvalue weighted by Gasteiger charge is -2.28. The van der Waals surface area contributed by atoms with Crippen molar-refractivity contribution >= 4 is 29.9 Å². The molecular formula is C19H31IN4O. The Balaban J connectivity index is 0.00000225. The van der Waals surface area contributed by atoms with Gasteiger partial charge in [0.25, 0.3) is 0 Å². The van der Waals surface area contributed by atoms with Crippen molar-refractivity contribution in [3.8, 4) is 0 Å². The number of nitrogens with one attached hydrogen (secondary N) is 1. The minimum atomic E-state index is -0.206. The van der Waals surface area contributed by atoms with E-state index in [1.54, 1.807) is 0 Å². The van der Waals surface area contributed by atoms with Crippen molar-refractivity contribution in [1.29, 1.82) is 0 Å². The zero-order valence-corrected chi connectivity index (χ0v) is 17.5. The fourth-order valence-electron chi connectivity index (χ4n) is 3.58. The topological polar surface area (TPSA) is 51.1 Å². The van der Waals surface area contributed by atoms with Crippen molar-refractivity contribution in [3.63, 3.8) is 0 Å². The van der Waals surface area contributed by atoms with Gasteiger partial charge in [-0.3, -0.25) is 9.89 Å². The zero-order chi connectivity index (χ0) is 16.8. The van der Waals surface area contributed by atoms with E-state index in [0.29, 0.717) is 6.54 Å². The summed E-state index contributed by atoms with van der Waals surface area (Å²) in [5, 5.41) is 13.1. The monoisotopic (exact) mass is 458 g/mol. The minimum absolute atomic E-state index is 0. The van der Waals surface area contributed by atoms with E-state index in [0.717, 1.165) is 64.5 Å². The molecule has 1 aromatic carbocycles. The van der Waals surface area contributed by atoms with Crippen molar-refractivity contribution in [2.75, 3.05) is 39.3 Å². The third kappa shape index (κ3) is 5.82. The van der Waals surface area contributed by atoms with Crippen LogP contribution in [0.1, 0.15) is 30.9 Å². The van der Waals surface area contributed by atoms with E-state index >= 15 is 0 Å². The number of hydrogen-bond donors (Lipinski definition) is 2. The number of likely N-dealkylation sites (tertiary alicyclic amines) is 1. The number of guanidine groups is 1. The Morgan fingerprint density at radius 1 is 1.28 bits per heavy atom. The molecular weight excluding hydrogens is 427 g/mol. The fraction of sp³-hybridized carbons (Fsp3) is 0.632. The molecule has 140 valence electrons. The molecule has 0 aromatic heterocycles. The average Bonchev–Trinajstić information content (AvgIpc) is 3.04. The Labute approximate surface area is 168 Å². The van der Waals surface area contributed by atoms with Gasteiger partial charge in [-0.1, -0.05) is 24.3 Å². The van der Waals surface area contributed by atoms with Crippen LogP contribution in [-0.4, -0.2) is 66.2 Å². The number of hydrogen-bond acceptors (Lipinski definition) is 3. The zero-order valence-electron chi connectivity index (χ0n) is 15.2. The maximum absolute atomic E-state index is 9.71. The van der Waals surface area contributed by atoms with Gasteiger partial charge in [-0.2, -0.15) is 0 Å². The molecule has 0 radical (unpaired) electrons. The summed E-state index contributed by atoms with van der Waals surface area (Å²) in [6.07, 6.45) is 2.88. The lowest BCUT2D eigenvalue weighted by atomic mass is 10.00. The summed E-state index contributed by atoms with van der Waals surface area (Å²) in [6, 6.07) is 8.78. The molecule has 3 rings (SSSR count). The molecule has 1 aromatic rings. The first kappa shape index (κ1) is 20.5. The van der Waals surface area contributed by atoms with Crippen molar-refractivity contribution in [2.45, 2.75) is 38.8 Å². The van der Waals surface area contributed by atoms with Crippen LogP contribution < -0.4 is 5.32 Å². The molecule has 0 saturated carbocycles. The summed E-state index contributed by atoms with van der Waals surface area (Å²) in [6.45, 7) is 8.72. The first-order chi connectivity index (χ1) is 11.8. The number of β-amino-alcohol motifs (C(OH)–C–C–N with tert-alkyl or cyclic N) is 1. The third-order valence-corrected chi connectivity index (χ3v) is 4.90. The summed E-state index contributed by atoms with van der Waals surface area (Å²) in [5.41, 5.74) is 2.99. The van der Waals surface area contributed by atoms with E-state index in [1.807, 2.05) is 0 Å². The number of rotatable bonds is 5. The van der Waals surface area contributed by atoms with E-state index in [9.17, 15) is 5.11 Å². The van der Waals surface area contributed by atoms with Gasteiger partial charge in [0.1, 0.15) is 0 Å². The minimum Gasteiger partial charge on any atom is -0.391 e. The van der Waals surface area contributed by atoms with Gasteiger partial charge in [0.15, 0.2) is 5.96 Å². The second-order valence-electron chi connectivity index (χ2n) is 6.77. The molecule has 2 aliphatic rings.